The van der Waals surface area contributed by atoms with Crippen molar-refractivity contribution in [1.82, 2.24) is 15.6 Å². The monoisotopic (exact) mass is 637 g/mol. The summed E-state index contributed by atoms with van der Waals surface area (Å²) in [6.45, 7) is 1.54. The molecule has 3 aromatic carbocycles. The molecular formula is C36H36FN5O5. The van der Waals surface area contributed by atoms with Gasteiger partial charge in [-0.15, -0.1) is 0 Å². The van der Waals surface area contributed by atoms with Crippen LogP contribution in [0.5, 0.6) is 5.75 Å². The molecule has 3 N–H and O–H groups in total. The van der Waals surface area contributed by atoms with E-state index in [1.165, 1.54) is 13.2 Å². The maximum atomic E-state index is 14.5. The molecule has 0 aliphatic carbocycles. The number of nitrogens with zero attached hydrogens (tertiary/aromatic N) is 2. The van der Waals surface area contributed by atoms with Crippen LogP contribution >= 0.6 is 0 Å². The zero-order valence-electron chi connectivity index (χ0n) is 25.9. The first-order chi connectivity index (χ1) is 22.9. The Hall–Kier alpha value is -5.31. The Bertz CT molecular complexity index is 1630. The maximum absolute atomic E-state index is 14.5. The van der Waals surface area contributed by atoms with Crippen molar-refractivity contribution in [2.75, 3.05) is 32.1 Å². The molecule has 1 aromatic heterocycles. The van der Waals surface area contributed by atoms with Crippen molar-refractivity contribution in [3.05, 3.63) is 125 Å². The van der Waals surface area contributed by atoms with Crippen LogP contribution in [0.4, 0.5) is 14.9 Å². The molecule has 1 fully saturated rings. The summed E-state index contributed by atoms with van der Waals surface area (Å²) in [7, 11) is 1.23. The highest BCUT2D eigenvalue weighted by Crippen LogP contribution is 2.30. The summed E-state index contributed by atoms with van der Waals surface area (Å²) in [5.41, 5.74) is 2.84. The summed E-state index contributed by atoms with van der Waals surface area (Å²) in [6.07, 6.45) is 0.883. The van der Waals surface area contributed by atoms with Gasteiger partial charge in [0.1, 0.15) is 30.3 Å². The van der Waals surface area contributed by atoms with E-state index in [-0.39, 0.29) is 17.9 Å². The van der Waals surface area contributed by atoms with Crippen LogP contribution in [-0.2, 0) is 20.7 Å². The average Bonchev–Trinajstić information content (AvgIpc) is 3.11. The number of pyridine rings is 1. The van der Waals surface area contributed by atoms with Crippen LogP contribution in [-0.4, -0.2) is 62.0 Å². The lowest BCUT2D eigenvalue weighted by Crippen LogP contribution is -2.48. The number of carbonyl (C=O) groups is 2. The minimum Gasteiger partial charge on any atom is -0.491 e. The highest BCUT2D eigenvalue weighted by atomic mass is 19.1. The van der Waals surface area contributed by atoms with Gasteiger partial charge in [-0.3, -0.25) is 9.78 Å². The number of benzene rings is 3. The van der Waals surface area contributed by atoms with Crippen LogP contribution in [0.2, 0.25) is 0 Å². The Balaban J connectivity index is 1.29. The molecule has 242 valence electrons. The number of hydrogen-bond donors (Lipinski definition) is 3. The first-order valence-electron chi connectivity index (χ1n) is 15.3. The number of alkyl carbamates (subject to hydrolysis) is 1. The lowest BCUT2D eigenvalue weighted by Gasteiger charge is -2.31. The molecule has 10 nitrogen and oxygen atoms in total. The second-order valence-corrected chi connectivity index (χ2v) is 11.1. The second kappa shape index (κ2) is 16.3. The Labute approximate surface area is 272 Å². The van der Waals surface area contributed by atoms with Crippen molar-refractivity contribution in [3.63, 3.8) is 0 Å². The molecule has 3 atom stereocenters. The van der Waals surface area contributed by atoms with Crippen molar-refractivity contribution in [1.29, 1.82) is 5.26 Å². The lowest BCUT2D eigenvalue weighted by molar-refractivity contribution is -0.118. The van der Waals surface area contributed by atoms with E-state index in [1.54, 1.807) is 24.3 Å². The van der Waals surface area contributed by atoms with Crippen LogP contribution in [0.3, 0.4) is 0 Å². The molecule has 5 rings (SSSR count). The Morgan fingerprint density at radius 3 is 2.32 bits per heavy atom. The summed E-state index contributed by atoms with van der Waals surface area (Å²) < 4.78 is 31.5. The normalized spacial score (nSPS) is 16.5. The van der Waals surface area contributed by atoms with Gasteiger partial charge in [-0.2, -0.15) is 5.26 Å². The molecule has 0 bridgehead atoms. The fraction of sp³-hybridized carbons (Fsp3) is 0.278. The summed E-state index contributed by atoms with van der Waals surface area (Å²) in [5, 5.41) is 17.9. The largest absolute Gasteiger partial charge is 0.491 e. The fourth-order valence-electron chi connectivity index (χ4n) is 5.52. The minimum absolute atomic E-state index is 0.178. The van der Waals surface area contributed by atoms with Crippen molar-refractivity contribution in [3.8, 4) is 11.8 Å². The topological polar surface area (TPSA) is 135 Å². The number of methoxy groups -OCH3 is 1. The molecule has 3 unspecified atom stereocenters. The van der Waals surface area contributed by atoms with Crippen molar-refractivity contribution >= 4 is 17.7 Å². The van der Waals surface area contributed by atoms with Crippen LogP contribution in [0.15, 0.2) is 97.2 Å². The van der Waals surface area contributed by atoms with E-state index in [4.69, 9.17) is 19.5 Å². The average molecular weight is 638 g/mol. The maximum Gasteiger partial charge on any atom is 0.407 e. The Morgan fingerprint density at radius 2 is 1.68 bits per heavy atom. The fourth-order valence-corrected chi connectivity index (χ4v) is 5.52. The number of ether oxygens (including phenoxy) is 3. The molecule has 0 spiro atoms. The van der Waals surface area contributed by atoms with Crippen molar-refractivity contribution < 1.29 is 28.2 Å². The van der Waals surface area contributed by atoms with Gasteiger partial charge in [0.25, 0.3) is 0 Å². The number of halogens is 1. The third kappa shape index (κ3) is 9.13. The van der Waals surface area contributed by atoms with E-state index in [0.717, 1.165) is 17.3 Å². The third-order valence-corrected chi connectivity index (χ3v) is 7.84. The summed E-state index contributed by atoms with van der Waals surface area (Å²) in [6, 6.07) is 27.8. The number of anilines is 1. The van der Waals surface area contributed by atoms with Gasteiger partial charge in [-0.1, -0.05) is 60.7 Å². The molecule has 2 heterocycles. The number of rotatable bonds is 12. The number of aryl methyl sites for hydroxylation is 1. The SMILES string of the molecule is COC(=O)NC(C(=O)Nc1cc(F)cnc1CCC1CNCC(COc2ccc(C#N)cc2)O1)C(c1ccccc1)c1ccccc1. The first-order valence-corrected chi connectivity index (χ1v) is 15.3. The number of carbonyl (C=O) groups excluding carboxylic acids is 2. The van der Waals surface area contributed by atoms with Gasteiger partial charge in [0.05, 0.1) is 42.4 Å². The molecule has 11 heteroatoms. The molecular weight excluding hydrogens is 601 g/mol. The van der Waals surface area contributed by atoms with E-state index in [2.05, 4.69) is 27.0 Å². The van der Waals surface area contributed by atoms with E-state index >= 15 is 0 Å². The number of morpholine rings is 1. The Kier molecular flexibility index (Phi) is 11.5. The van der Waals surface area contributed by atoms with Gasteiger partial charge in [0.2, 0.25) is 5.91 Å². The lowest BCUT2D eigenvalue weighted by atomic mass is 9.84. The molecule has 1 saturated heterocycles. The molecule has 0 saturated carbocycles. The molecule has 0 radical (unpaired) electrons. The first kappa shape index (κ1) is 33.1. The van der Waals surface area contributed by atoms with Gasteiger partial charge in [0, 0.05) is 25.1 Å². The number of nitrogens with one attached hydrogen (secondary N) is 3. The van der Waals surface area contributed by atoms with Gasteiger partial charge >= 0.3 is 6.09 Å². The molecule has 47 heavy (non-hydrogen) atoms. The summed E-state index contributed by atoms with van der Waals surface area (Å²) in [4.78, 5) is 30.8. The highest BCUT2D eigenvalue weighted by molar-refractivity contribution is 5.98. The minimum atomic E-state index is -1.11. The van der Waals surface area contributed by atoms with Crippen LogP contribution in [0.1, 0.15) is 34.7 Å². The van der Waals surface area contributed by atoms with E-state index in [9.17, 15) is 14.0 Å². The highest BCUT2D eigenvalue weighted by Gasteiger charge is 2.33. The smallest absolute Gasteiger partial charge is 0.407 e. The number of aromatic nitrogens is 1. The standard InChI is InChI=1S/C36H36FN5O5/c1-45-36(44)42-34(33(25-8-4-2-5-9-25)26-10-6-3-7-11-26)35(43)41-32-18-27(37)20-40-31(32)17-16-29-21-39-22-30(47-29)23-46-28-14-12-24(19-38)13-15-28/h2-15,18,20,29-30,33-34,39H,16-17,21-23H2,1H3,(H,41,43)(H,42,44). The van der Waals surface area contributed by atoms with Gasteiger partial charge in [-0.05, 0) is 48.2 Å². The van der Waals surface area contributed by atoms with Crippen LogP contribution < -0.4 is 20.7 Å². The van der Waals surface area contributed by atoms with Crippen LogP contribution in [0.25, 0.3) is 0 Å². The van der Waals surface area contributed by atoms with Crippen LogP contribution in [0, 0.1) is 17.1 Å². The summed E-state index contributed by atoms with van der Waals surface area (Å²) >= 11 is 0. The zero-order chi connectivity index (χ0) is 33.0. The van der Waals surface area contributed by atoms with Crippen molar-refractivity contribution in [2.45, 2.75) is 37.0 Å². The number of nitriles is 1. The molecule has 1 aliphatic heterocycles. The molecule has 4 aromatic rings. The quantitative estimate of drug-likeness (QED) is 0.199. The number of hydrogen-bond acceptors (Lipinski definition) is 8. The van der Waals surface area contributed by atoms with Crippen molar-refractivity contribution in [2.24, 2.45) is 0 Å². The van der Waals surface area contributed by atoms with E-state index < -0.39 is 29.8 Å². The Morgan fingerprint density at radius 1 is 1.02 bits per heavy atom. The zero-order valence-corrected chi connectivity index (χ0v) is 25.9. The van der Waals surface area contributed by atoms with Gasteiger partial charge in [-0.25, -0.2) is 9.18 Å². The number of amides is 2. The summed E-state index contributed by atoms with van der Waals surface area (Å²) in [5.74, 6) is -1.10. The van der Waals surface area contributed by atoms with Gasteiger partial charge < -0.3 is 30.2 Å². The third-order valence-electron chi connectivity index (χ3n) is 7.84. The predicted octanol–water partition coefficient (Wildman–Crippen LogP) is 4.96. The van der Waals surface area contributed by atoms with E-state index in [0.29, 0.717) is 49.5 Å². The molecule has 1 aliphatic rings. The van der Waals surface area contributed by atoms with Gasteiger partial charge in [0.15, 0.2) is 0 Å². The molecule has 2 amide bonds. The van der Waals surface area contributed by atoms with E-state index in [1.807, 2.05) is 60.7 Å². The predicted molar refractivity (Wildman–Crippen MR) is 173 cm³/mol. The second-order valence-electron chi connectivity index (χ2n) is 11.1.